The first-order valence-electron chi connectivity index (χ1n) is 11.5. The van der Waals surface area contributed by atoms with Crippen LogP contribution in [0.15, 0.2) is 11.6 Å². The summed E-state index contributed by atoms with van der Waals surface area (Å²) in [6.07, 6.45) is 7.97. The van der Waals surface area contributed by atoms with Gasteiger partial charge in [0.15, 0.2) is 17.2 Å². The van der Waals surface area contributed by atoms with E-state index in [4.69, 9.17) is 9.47 Å². The summed E-state index contributed by atoms with van der Waals surface area (Å²) in [5.74, 6) is 1.16. The van der Waals surface area contributed by atoms with E-state index in [2.05, 4.69) is 13.8 Å². The van der Waals surface area contributed by atoms with Gasteiger partial charge in [-0.05, 0) is 74.7 Å². The molecule has 0 radical (unpaired) electrons. The van der Waals surface area contributed by atoms with E-state index in [1.54, 1.807) is 0 Å². The molecule has 1 unspecified atom stereocenters. The van der Waals surface area contributed by atoms with Crippen molar-refractivity contribution < 1.29 is 24.2 Å². The Morgan fingerprint density at radius 1 is 1.34 bits per heavy atom. The van der Waals surface area contributed by atoms with Gasteiger partial charge in [0.25, 0.3) is 0 Å². The summed E-state index contributed by atoms with van der Waals surface area (Å²) in [5.41, 5.74) is -0.0619. The third-order valence-corrected chi connectivity index (χ3v) is 9.28. The number of Topliss-reactive ketones (excluding diaryl/α,β-unsaturated/α-hetero) is 1. The first kappa shape index (κ1) is 19.9. The standard InChI is InChI=1S/C24H34O5/c1-4-14(2)28-13-20(27)23-10-8-18-17-6-5-15-11-16(25)7-9-22(15,3)21(17)19(26)12-24(18,23)29-23/h11,14,17-19,21,26H,4-10,12-13H2,1-3H3/t14?,17-,18-,19-,21+,22-,23-,24+/m0/s1. The molecule has 5 rings (SSSR count). The van der Waals surface area contributed by atoms with E-state index in [9.17, 15) is 14.7 Å². The molecule has 29 heavy (non-hydrogen) atoms. The molecule has 160 valence electrons. The van der Waals surface area contributed by atoms with Crippen LogP contribution in [0.25, 0.3) is 0 Å². The molecule has 5 aliphatic rings. The molecule has 3 saturated carbocycles. The number of allylic oxidation sites excluding steroid dienone is 1. The van der Waals surface area contributed by atoms with E-state index in [-0.39, 0.29) is 35.6 Å². The highest BCUT2D eigenvalue weighted by Crippen LogP contribution is 2.73. The molecule has 5 nitrogen and oxygen atoms in total. The SMILES string of the molecule is CCC(C)OCC(=O)[C@@]12CC[C@H]3[C@@H]4CCC5=CC(=O)CC[C@]5(C)[C@H]4[C@@H](O)C[C@@]31O2. The van der Waals surface area contributed by atoms with Crippen LogP contribution in [0.5, 0.6) is 0 Å². The summed E-state index contributed by atoms with van der Waals surface area (Å²) in [6, 6.07) is 0. The Bertz CT molecular complexity index is 773. The number of carbonyl (C=O) groups is 2. The molecule has 1 spiro atoms. The van der Waals surface area contributed by atoms with Crippen molar-refractivity contribution >= 4 is 11.6 Å². The van der Waals surface area contributed by atoms with Crippen molar-refractivity contribution in [3.8, 4) is 0 Å². The Hall–Kier alpha value is -1.04. The zero-order chi connectivity index (χ0) is 20.6. The monoisotopic (exact) mass is 402 g/mol. The van der Waals surface area contributed by atoms with Gasteiger partial charge in [-0.15, -0.1) is 0 Å². The maximum atomic E-state index is 13.1. The molecule has 0 aromatic heterocycles. The van der Waals surface area contributed by atoms with E-state index in [0.717, 1.165) is 38.5 Å². The lowest BCUT2D eigenvalue weighted by atomic mass is 9.48. The van der Waals surface area contributed by atoms with Gasteiger partial charge in [-0.25, -0.2) is 0 Å². The second-order valence-electron chi connectivity index (χ2n) is 10.5. The normalized spacial score (nSPS) is 48.7. The smallest absolute Gasteiger partial charge is 0.193 e. The quantitative estimate of drug-likeness (QED) is 0.714. The number of hydrogen-bond acceptors (Lipinski definition) is 5. The molecule has 1 heterocycles. The summed E-state index contributed by atoms with van der Waals surface area (Å²) in [7, 11) is 0. The minimum absolute atomic E-state index is 0.0665. The van der Waals surface area contributed by atoms with E-state index >= 15 is 0 Å². The van der Waals surface area contributed by atoms with Gasteiger partial charge in [-0.3, -0.25) is 9.59 Å². The lowest BCUT2D eigenvalue weighted by Crippen LogP contribution is -2.57. The third kappa shape index (κ3) is 2.56. The van der Waals surface area contributed by atoms with Crippen LogP contribution in [0.3, 0.4) is 0 Å². The number of aliphatic hydroxyl groups excluding tert-OH is 1. The molecule has 8 atom stereocenters. The predicted octanol–water partition coefficient (Wildman–Crippen LogP) is 3.37. The fraction of sp³-hybridized carbons (Fsp3) is 0.833. The van der Waals surface area contributed by atoms with Gasteiger partial charge in [0.2, 0.25) is 0 Å². The summed E-state index contributed by atoms with van der Waals surface area (Å²) in [5, 5.41) is 11.3. The number of carbonyl (C=O) groups excluding carboxylic acids is 2. The van der Waals surface area contributed by atoms with Crippen molar-refractivity contribution in [1.82, 2.24) is 0 Å². The first-order valence-corrected chi connectivity index (χ1v) is 11.5. The van der Waals surface area contributed by atoms with E-state index < -0.39 is 17.3 Å². The molecule has 4 aliphatic carbocycles. The Labute approximate surface area is 173 Å². The van der Waals surface area contributed by atoms with Gasteiger partial charge in [0.05, 0.1) is 12.2 Å². The molecule has 1 saturated heterocycles. The number of ether oxygens (including phenoxy) is 2. The highest BCUT2D eigenvalue weighted by atomic mass is 16.6. The summed E-state index contributed by atoms with van der Waals surface area (Å²) in [4.78, 5) is 25.1. The Balaban J connectivity index is 1.40. The molecule has 1 aliphatic heterocycles. The fourth-order valence-electron chi connectivity index (χ4n) is 7.60. The maximum Gasteiger partial charge on any atom is 0.193 e. The van der Waals surface area contributed by atoms with E-state index in [1.165, 1.54) is 5.57 Å². The van der Waals surface area contributed by atoms with Crippen molar-refractivity contribution in [3.05, 3.63) is 11.6 Å². The van der Waals surface area contributed by atoms with Crippen LogP contribution in [-0.2, 0) is 19.1 Å². The van der Waals surface area contributed by atoms with Crippen LogP contribution < -0.4 is 0 Å². The van der Waals surface area contributed by atoms with Crippen molar-refractivity contribution in [1.29, 1.82) is 0 Å². The summed E-state index contributed by atoms with van der Waals surface area (Å²) < 4.78 is 12.0. The first-order chi connectivity index (χ1) is 13.8. The third-order valence-electron chi connectivity index (χ3n) is 9.28. The summed E-state index contributed by atoms with van der Waals surface area (Å²) >= 11 is 0. The predicted molar refractivity (Wildman–Crippen MR) is 107 cm³/mol. The average molecular weight is 403 g/mol. The molecule has 0 aromatic carbocycles. The van der Waals surface area contributed by atoms with Crippen LogP contribution in [0.4, 0.5) is 0 Å². The molecule has 5 heteroatoms. The largest absolute Gasteiger partial charge is 0.393 e. The molecule has 1 N–H and O–H groups in total. The Morgan fingerprint density at radius 3 is 2.90 bits per heavy atom. The number of epoxide rings is 1. The Kier molecular flexibility index (Phi) is 4.44. The van der Waals surface area contributed by atoms with Crippen LogP contribution in [0.1, 0.15) is 72.1 Å². The minimum Gasteiger partial charge on any atom is -0.393 e. The number of ketones is 2. The van der Waals surface area contributed by atoms with Crippen LogP contribution in [0.2, 0.25) is 0 Å². The van der Waals surface area contributed by atoms with Crippen molar-refractivity contribution in [2.45, 2.75) is 95.5 Å². The lowest BCUT2D eigenvalue weighted by molar-refractivity contribution is -0.130. The average Bonchev–Trinajstić information content (AvgIpc) is 3.22. The lowest BCUT2D eigenvalue weighted by Gasteiger charge is -2.56. The molecule has 0 bridgehead atoms. The van der Waals surface area contributed by atoms with Crippen molar-refractivity contribution in [3.63, 3.8) is 0 Å². The van der Waals surface area contributed by atoms with Gasteiger partial charge >= 0.3 is 0 Å². The molecular formula is C24H34O5. The topological polar surface area (TPSA) is 76.1 Å². The molecular weight excluding hydrogens is 368 g/mol. The fourth-order valence-corrected chi connectivity index (χ4v) is 7.60. The maximum absolute atomic E-state index is 13.1. The number of fused-ring (bicyclic) bond motifs is 4. The highest BCUT2D eigenvalue weighted by molar-refractivity contribution is 5.94. The van der Waals surface area contributed by atoms with Crippen LogP contribution in [-0.4, -0.2) is 46.7 Å². The van der Waals surface area contributed by atoms with Gasteiger partial charge in [-0.2, -0.15) is 0 Å². The minimum atomic E-state index is -0.726. The molecule has 4 fully saturated rings. The zero-order valence-corrected chi connectivity index (χ0v) is 17.9. The Morgan fingerprint density at radius 2 is 2.14 bits per heavy atom. The second kappa shape index (κ2) is 6.48. The summed E-state index contributed by atoms with van der Waals surface area (Å²) in [6.45, 7) is 6.41. The number of rotatable bonds is 5. The van der Waals surface area contributed by atoms with Gasteiger partial charge in [-0.1, -0.05) is 19.4 Å². The van der Waals surface area contributed by atoms with Crippen LogP contribution >= 0.6 is 0 Å². The number of hydrogen-bond donors (Lipinski definition) is 1. The van der Waals surface area contributed by atoms with E-state index in [0.29, 0.717) is 24.7 Å². The molecule has 0 aromatic rings. The second-order valence-corrected chi connectivity index (χ2v) is 10.5. The molecule has 0 amide bonds. The van der Waals surface area contributed by atoms with Gasteiger partial charge in [0, 0.05) is 12.8 Å². The van der Waals surface area contributed by atoms with Gasteiger partial charge < -0.3 is 14.6 Å². The highest BCUT2D eigenvalue weighted by Gasteiger charge is 2.83. The van der Waals surface area contributed by atoms with Crippen molar-refractivity contribution in [2.24, 2.45) is 23.2 Å². The number of aliphatic hydroxyl groups is 1. The van der Waals surface area contributed by atoms with Crippen molar-refractivity contribution in [2.75, 3.05) is 6.61 Å². The van der Waals surface area contributed by atoms with Gasteiger partial charge in [0.1, 0.15) is 12.2 Å². The van der Waals surface area contributed by atoms with Crippen LogP contribution in [0, 0.1) is 23.2 Å². The zero-order valence-electron chi connectivity index (χ0n) is 17.9. The van der Waals surface area contributed by atoms with E-state index in [1.807, 2.05) is 13.0 Å².